The fourth-order valence-electron chi connectivity index (χ4n) is 2.23. The second-order valence-electron chi connectivity index (χ2n) is 5.83. The zero-order valence-electron chi connectivity index (χ0n) is 14.9. The van der Waals surface area contributed by atoms with Gasteiger partial charge in [-0.15, -0.1) is 11.8 Å². The average Bonchev–Trinajstić information content (AvgIpc) is 2.62. The van der Waals surface area contributed by atoms with E-state index >= 15 is 0 Å². The van der Waals surface area contributed by atoms with Crippen LogP contribution in [0.1, 0.15) is 34.8 Å². The Hall–Kier alpha value is -1.98. The van der Waals surface area contributed by atoms with Crippen LogP contribution in [0.25, 0.3) is 0 Å². The summed E-state index contributed by atoms with van der Waals surface area (Å²) in [6.07, 6.45) is 0.804. The van der Waals surface area contributed by atoms with Gasteiger partial charge in [0, 0.05) is 16.5 Å². The van der Waals surface area contributed by atoms with Crippen LogP contribution in [-0.2, 0) is 15.3 Å². The first-order valence-electron chi connectivity index (χ1n) is 8.39. The molecule has 0 spiro atoms. The van der Waals surface area contributed by atoms with Crippen molar-refractivity contribution in [2.24, 2.45) is 0 Å². The molecule has 2 aromatic rings. The lowest BCUT2D eigenvalue weighted by atomic mass is 10.1. The molecule has 2 aromatic carbocycles. The molecular formula is C20H22ClNO3S. The number of benzene rings is 2. The highest BCUT2D eigenvalue weighted by Gasteiger charge is 2.08. The molecule has 4 nitrogen and oxygen atoms in total. The summed E-state index contributed by atoms with van der Waals surface area (Å²) < 4.78 is 5.10. The van der Waals surface area contributed by atoms with Crippen LogP contribution in [0.2, 0.25) is 5.02 Å². The lowest BCUT2D eigenvalue weighted by Crippen LogP contribution is -2.15. The fraction of sp³-hybridized carbons (Fsp3) is 0.300. The molecule has 0 unspecified atom stereocenters. The van der Waals surface area contributed by atoms with Crippen molar-refractivity contribution in [3.8, 4) is 0 Å². The van der Waals surface area contributed by atoms with Gasteiger partial charge in [-0.05, 0) is 54.8 Å². The topological polar surface area (TPSA) is 55.4 Å². The number of carbonyl (C=O) groups excluding carboxylic acids is 2. The number of rotatable bonds is 8. The number of ether oxygens (including phenoxy) is 1. The maximum Gasteiger partial charge on any atom is 0.338 e. The van der Waals surface area contributed by atoms with Gasteiger partial charge in [0.1, 0.15) is 0 Å². The highest BCUT2D eigenvalue weighted by Crippen LogP contribution is 2.20. The Labute approximate surface area is 163 Å². The molecule has 1 amide bonds. The van der Waals surface area contributed by atoms with E-state index in [9.17, 15) is 9.59 Å². The first kappa shape index (κ1) is 20.3. The lowest BCUT2D eigenvalue weighted by Gasteiger charge is -2.09. The van der Waals surface area contributed by atoms with Crippen LogP contribution in [0.4, 0.5) is 5.69 Å². The van der Waals surface area contributed by atoms with E-state index in [0.29, 0.717) is 28.7 Å². The van der Waals surface area contributed by atoms with Gasteiger partial charge in [0.2, 0.25) is 5.91 Å². The molecule has 0 aliphatic heterocycles. The molecule has 0 aromatic heterocycles. The third-order valence-corrected chi connectivity index (χ3v) is 4.83. The summed E-state index contributed by atoms with van der Waals surface area (Å²) in [6.45, 7) is 4.29. The number of esters is 1. The summed E-state index contributed by atoms with van der Waals surface area (Å²) in [7, 11) is 0. The van der Waals surface area contributed by atoms with Crippen molar-refractivity contribution < 1.29 is 14.3 Å². The molecule has 0 bridgehead atoms. The molecule has 0 heterocycles. The average molecular weight is 392 g/mol. The largest absolute Gasteiger partial charge is 0.462 e. The predicted molar refractivity (Wildman–Crippen MR) is 108 cm³/mol. The maximum absolute atomic E-state index is 12.1. The Kier molecular flexibility index (Phi) is 8.01. The van der Waals surface area contributed by atoms with E-state index in [1.807, 2.05) is 32.0 Å². The van der Waals surface area contributed by atoms with Crippen LogP contribution in [-0.4, -0.2) is 24.2 Å². The van der Waals surface area contributed by atoms with E-state index < -0.39 is 0 Å². The molecule has 0 saturated carbocycles. The Morgan fingerprint density at radius 1 is 1.15 bits per heavy atom. The third-order valence-electron chi connectivity index (χ3n) is 3.59. The summed E-state index contributed by atoms with van der Waals surface area (Å²) in [5.74, 6) is 0.684. The number of carbonyl (C=O) groups is 2. The summed E-state index contributed by atoms with van der Waals surface area (Å²) >= 11 is 7.43. The summed E-state index contributed by atoms with van der Waals surface area (Å²) in [5.41, 5.74) is 3.30. The monoisotopic (exact) mass is 391 g/mol. The van der Waals surface area contributed by atoms with Crippen LogP contribution in [0.5, 0.6) is 0 Å². The minimum atomic E-state index is -0.302. The van der Waals surface area contributed by atoms with Crippen molar-refractivity contribution in [3.05, 3.63) is 64.2 Å². The molecule has 6 heteroatoms. The summed E-state index contributed by atoms with van der Waals surface area (Å²) in [5, 5.41) is 3.54. The minimum absolute atomic E-state index is 0.0554. The Morgan fingerprint density at radius 2 is 1.88 bits per heavy atom. The molecule has 0 radical (unpaired) electrons. The number of nitrogens with one attached hydrogen (secondary N) is 1. The summed E-state index contributed by atoms with van der Waals surface area (Å²) in [4.78, 5) is 23.8. The molecule has 1 N–H and O–H groups in total. The first-order chi connectivity index (χ1) is 12.5. The van der Waals surface area contributed by atoms with Crippen molar-refractivity contribution in [1.82, 2.24) is 0 Å². The number of hydrogen-bond donors (Lipinski definition) is 1. The second-order valence-corrected chi connectivity index (χ2v) is 7.26. The Bertz CT molecular complexity index is 762. The quantitative estimate of drug-likeness (QED) is 0.637. The number of amides is 1. The molecule has 0 atom stereocenters. The van der Waals surface area contributed by atoms with Gasteiger partial charge in [0.25, 0.3) is 0 Å². The number of hydrogen-bond acceptors (Lipinski definition) is 4. The standard InChI is InChI=1S/C20H22ClNO3S/c1-3-10-25-20(24)16-6-4-15(5-7-16)12-26-13-19(23)22-18-9-8-17(21)11-14(18)2/h4-9,11H,3,10,12-13H2,1-2H3,(H,22,23). The minimum Gasteiger partial charge on any atom is -0.462 e. The highest BCUT2D eigenvalue weighted by molar-refractivity contribution is 7.99. The molecule has 2 rings (SSSR count). The third kappa shape index (κ3) is 6.39. The highest BCUT2D eigenvalue weighted by atomic mass is 35.5. The zero-order valence-corrected chi connectivity index (χ0v) is 16.5. The van der Waals surface area contributed by atoms with Crippen molar-refractivity contribution in [2.45, 2.75) is 26.0 Å². The van der Waals surface area contributed by atoms with Crippen LogP contribution in [0.15, 0.2) is 42.5 Å². The van der Waals surface area contributed by atoms with Gasteiger partial charge in [-0.1, -0.05) is 30.7 Å². The number of anilines is 1. The van der Waals surface area contributed by atoms with Gasteiger partial charge >= 0.3 is 5.97 Å². The van der Waals surface area contributed by atoms with Gasteiger partial charge in [0.05, 0.1) is 17.9 Å². The number of aryl methyl sites for hydroxylation is 1. The van der Waals surface area contributed by atoms with Gasteiger partial charge in [-0.25, -0.2) is 4.79 Å². The Morgan fingerprint density at radius 3 is 2.54 bits per heavy atom. The fourth-order valence-corrected chi connectivity index (χ4v) is 3.24. The van der Waals surface area contributed by atoms with Crippen molar-refractivity contribution in [3.63, 3.8) is 0 Å². The molecule has 0 saturated heterocycles. The molecule has 0 fully saturated rings. The molecule has 138 valence electrons. The van der Waals surface area contributed by atoms with Crippen molar-refractivity contribution in [2.75, 3.05) is 17.7 Å². The van der Waals surface area contributed by atoms with E-state index in [2.05, 4.69) is 5.32 Å². The van der Waals surface area contributed by atoms with Crippen LogP contribution in [0.3, 0.4) is 0 Å². The normalized spacial score (nSPS) is 10.4. The van der Waals surface area contributed by atoms with E-state index in [0.717, 1.165) is 23.2 Å². The number of halogens is 1. The van der Waals surface area contributed by atoms with Crippen molar-refractivity contribution in [1.29, 1.82) is 0 Å². The Balaban J connectivity index is 1.78. The van der Waals surface area contributed by atoms with E-state index in [-0.39, 0.29) is 11.9 Å². The molecule has 0 aliphatic rings. The predicted octanol–water partition coefficient (Wildman–Crippen LogP) is 5.09. The van der Waals surface area contributed by atoms with Crippen molar-refractivity contribution >= 4 is 40.9 Å². The van der Waals surface area contributed by atoms with Gasteiger partial charge in [0.15, 0.2) is 0 Å². The van der Waals surface area contributed by atoms with Gasteiger partial charge < -0.3 is 10.1 Å². The zero-order chi connectivity index (χ0) is 18.9. The molecule has 0 aliphatic carbocycles. The van der Waals surface area contributed by atoms with Crippen LogP contribution < -0.4 is 5.32 Å². The van der Waals surface area contributed by atoms with Gasteiger partial charge in [-0.3, -0.25) is 4.79 Å². The lowest BCUT2D eigenvalue weighted by molar-refractivity contribution is -0.113. The second kappa shape index (κ2) is 10.2. The van der Waals surface area contributed by atoms with E-state index in [1.54, 1.807) is 24.3 Å². The molecule has 26 heavy (non-hydrogen) atoms. The first-order valence-corrected chi connectivity index (χ1v) is 9.92. The van der Waals surface area contributed by atoms with Gasteiger partial charge in [-0.2, -0.15) is 0 Å². The number of thioether (sulfide) groups is 1. The SMILES string of the molecule is CCCOC(=O)c1ccc(CSCC(=O)Nc2ccc(Cl)cc2C)cc1. The summed E-state index contributed by atoms with van der Waals surface area (Å²) in [6, 6.07) is 12.7. The smallest absolute Gasteiger partial charge is 0.338 e. The van der Waals surface area contributed by atoms with Crippen LogP contribution >= 0.6 is 23.4 Å². The molecular weight excluding hydrogens is 370 g/mol. The van der Waals surface area contributed by atoms with E-state index in [1.165, 1.54) is 11.8 Å². The van der Waals surface area contributed by atoms with E-state index in [4.69, 9.17) is 16.3 Å². The van der Waals surface area contributed by atoms with Crippen LogP contribution in [0, 0.1) is 6.92 Å². The maximum atomic E-state index is 12.1.